The number of nitrogens with zero attached hydrogens (tertiary/aromatic N) is 4. The molecule has 8 heteroatoms. The van der Waals surface area contributed by atoms with Crippen LogP contribution in [0.3, 0.4) is 0 Å². The van der Waals surface area contributed by atoms with Gasteiger partial charge in [0.25, 0.3) is 0 Å². The van der Waals surface area contributed by atoms with Gasteiger partial charge in [0.05, 0.1) is 29.9 Å². The minimum atomic E-state index is -4.23. The van der Waals surface area contributed by atoms with Crippen molar-refractivity contribution >= 4 is 22.5 Å². The second kappa shape index (κ2) is 4.91. The van der Waals surface area contributed by atoms with Crippen LogP contribution < -0.4 is 4.90 Å². The molecule has 4 fully saturated rings. The quantitative estimate of drug-likeness (QED) is 0.804. The monoisotopic (exact) mass is 372 g/mol. The number of alkyl halides is 3. The standard InChI is InChI=1S/C19H15F3N4O/c20-19(21,22)17-9-18(10-17,11-17)25-8-13(5-23)26(16(25)27)15-7-24-6-12-3-1-2-4-14(12)15/h1-4,6-7,13H,8-11H2/t13-,17?,18?/m0/s1. The van der Waals surface area contributed by atoms with Crippen molar-refractivity contribution in [3.63, 3.8) is 0 Å². The van der Waals surface area contributed by atoms with Gasteiger partial charge in [0.15, 0.2) is 0 Å². The molecule has 1 aliphatic heterocycles. The molecule has 6 rings (SSSR count). The number of hydrogen-bond acceptors (Lipinski definition) is 3. The predicted octanol–water partition coefficient (Wildman–Crippen LogP) is 3.85. The number of carbonyl (C=O) groups is 1. The fourth-order valence-corrected chi connectivity index (χ4v) is 4.98. The van der Waals surface area contributed by atoms with Crippen molar-refractivity contribution in [3.8, 4) is 6.07 Å². The first-order valence-electron chi connectivity index (χ1n) is 8.70. The van der Waals surface area contributed by atoms with Gasteiger partial charge < -0.3 is 4.90 Å². The summed E-state index contributed by atoms with van der Waals surface area (Å²) >= 11 is 0. The van der Waals surface area contributed by atoms with Gasteiger partial charge >= 0.3 is 12.2 Å². The maximum atomic E-state index is 13.2. The molecule has 138 valence electrons. The average Bonchev–Trinajstić information content (AvgIpc) is 2.87. The first-order chi connectivity index (χ1) is 12.8. The summed E-state index contributed by atoms with van der Waals surface area (Å²) in [4.78, 5) is 20.2. The van der Waals surface area contributed by atoms with Crippen LogP contribution in [0.1, 0.15) is 19.3 Å². The Hall–Kier alpha value is -2.82. The molecular weight excluding hydrogens is 357 g/mol. The minimum Gasteiger partial charge on any atom is -0.315 e. The van der Waals surface area contributed by atoms with E-state index in [2.05, 4.69) is 11.1 Å². The molecule has 0 unspecified atom stereocenters. The lowest BCUT2D eigenvalue weighted by atomic mass is 9.38. The number of pyridine rings is 1. The molecule has 2 amide bonds. The lowest BCUT2D eigenvalue weighted by molar-refractivity contribution is -0.354. The molecule has 2 bridgehead atoms. The number of urea groups is 1. The van der Waals surface area contributed by atoms with Crippen LogP contribution in [-0.2, 0) is 0 Å². The van der Waals surface area contributed by atoms with Crippen LogP contribution in [0.2, 0.25) is 0 Å². The van der Waals surface area contributed by atoms with Crippen molar-refractivity contribution in [1.82, 2.24) is 9.88 Å². The Bertz CT molecular complexity index is 987. The van der Waals surface area contributed by atoms with E-state index in [1.165, 1.54) is 16.0 Å². The molecule has 3 aliphatic carbocycles. The van der Waals surface area contributed by atoms with Gasteiger partial charge in [0, 0.05) is 22.5 Å². The number of benzene rings is 1. The maximum Gasteiger partial charge on any atom is 0.394 e. The lowest BCUT2D eigenvalue weighted by Gasteiger charge is -2.72. The fourth-order valence-electron chi connectivity index (χ4n) is 4.98. The number of carbonyl (C=O) groups excluding carboxylic acids is 1. The Morgan fingerprint density at radius 3 is 2.56 bits per heavy atom. The van der Waals surface area contributed by atoms with E-state index in [-0.39, 0.29) is 25.8 Å². The first kappa shape index (κ1) is 16.4. The summed E-state index contributed by atoms with van der Waals surface area (Å²) in [6, 6.07) is 8.36. The molecule has 1 saturated heterocycles. The molecule has 1 aromatic heterocycles. The van der Waals surface area contributed by atoms with E-state index in [9.17, 15) is 23.2 Å². The molecule has 0 radical (unpaired) electrons. The van der Waals surface area contributed by atoms with Gasteiger partial charge in [-0.3, -0.25) is 9.88 Å². The first-order valence-corrected chi connectivity index (χ1v) is 8.70. The van der Waals surface area contributed by atoms with E-state index in [1.54, 1.807) is 6.20 Å². The Morgan fingerprint density at radius 1 is 1.19 bits per heavy atom. The number of fused-ring (bicyclic) bond motifs is 1. The number of nitriles is 1. The van der Waals surface area contributed by atoms with Crippen molar-refractivity contribution in [3.05, 3.63) is 36.7 Å². The van der Waals surface area contributed by atoms with Crippen molar-refractivity contribution in [2.75, 3.05) is 11.4 Å². The summed E-state index contributed by atoms with van der Waals surface area (Å²) in [6.07, 6.45) is -1.20. The summed E-state index contributed by atoms with van der Waals surface area (Å²) in [7, 11) is 0. The molecule has 1 aromatic carbocycles. The molecule has 2 heterocycles. The van der Waals surface area contributed by atoms with E-state index >= 15 is 0 Å². The number of halogens is 3. The summed E-state index contributed by atoms with van der Waals surface area (Å²) in [5.74, 6) is 0. The largest absolute Gasteiger partial charge is 0.394 e. The van der Waals surface area contributed by atoms with Crippen LogP contribution in [-0.4, -0.2) is 40.2 Å². The number of amides is 2. The summed E-state index contributed by atoms with van der Waals surface area (Å²) in [5, 5.41) is 11.2. The SMILES string of the molecule is N#C[C@H]1CN(C23CC(C(F)(F)F)(C2)C3)C(=O)N1c1cncc2ccccc12. The molecule has 0 spiro atoms. The van der Waals surface area contributed by atoms with Gasteiger partial charge in [0.1, 0.15) is 6.04 Å². The van der Waals surface area contributed by atoms with E-state index in [1.807, 2.05) is 24.3 Å². The number of rotatable bonds is 2. The van der Waals surface area contributed by atoms with E-state index in [4.69, 9.17) is 0 Å². The third-order valence-electron chi connectivity index (χ3n) is 6.34. The summed E-state index contributed by atoms with van der Waals surface area (Å²) < 4.78 is 39.5. The van der Waals surface area contributed by atoms with Crippen LogP contribution in [0.5, 0.6) is 0 Å². The molecule has 3 saturated carbocycles. The third kappa shape index (κ3) is 1.94. The minimum absolute atomic E-state index is 0.0605. The maximum absolute atomic E-state index is 13.2. The van der Waals surface area contributed by atoms with Gasteiger partial charge in [-0.2, -0.15) is 18.4 Å². The second-order valence-corrected chi connectivity index (χ2v) is 7.82. The average molecular weight is 372 g/mol. The highest BCUT2D eigenvalue weighted by Crippen LogP contribution is 2.75. The van der Waals surface area contributed by atoms with Crippen LogP contribution in [0.4, 0.5) is 23.7 Å². The third-order valence-corrected chi connectivity index (χ3v) is 6.34. The molecule has 1 atom stereocenters. The highest BCUT2D eigenvalue weighted by molar-refractivity contribution is 6.05. The van der Waals surface area contributed by atoms with Crippen molar-refractivity contribution in [2.24, 2.45) is 5.41 Å². The van der Waals surface area contributed by atoms with Gasteiger partial charge in [-0.25, -0.2) is 4.79 Å². The fraction of sp³-hybridized carbons (Fsp3) is 0.421. The molecule has 27 heavy (non-hydrogen) atoms. The zero-order chi connectivity index (χ0) is 19.0. The van der Waals surface area contributed by atoms with Crippen molar-refractivity contribution in [1.29, 1.82) is 5.26 Å². The van der Waals surface area contributed by atoms with Gasteiger partial charge in [-0.05, 0) is 19.3 Å². The summed E-state index contributed by atoms with van der Waals surface area (Å²) in [5.41, 5.74) is -1.87. The second-order valence-electron chi connectivity index (χ2n) is 7.82. The molecule has 0 N–H and O–H groups in total. The Kier molecular flexibility index (Phi) is 2.98. The highest BCUT2D eigenvalue weighted by Gasteiger charge is 2.81. The zero-order valence-corrected chi connectivity index (χ0v) is 14.2. The topological polar surface area (TPSA) is 60.2 Å². The molecule has 5 nitrogen and oxygen atoms in total. The van der Waals surface area contributed by atoms with Crippen LogP contribution >= 0.6 is 0 Å². The van der Waals surface area contributed by atoms with Crippen LogP contribution in [0, 0.1) is 16.7 Å². The van der Waals surface area contributed by atoms with E-state index < -0.39 is 29.2 Å². The van der Waals surface area contributed by atoms with Crippen LogP contribution in [0.25, 0.3) is 10.8 Å². The van der Waals surface area contributed by atoms with E-state index in [0.717, 1.165) is 10.8 Å². The van der Waals surface area contributed by atoms with Crippen molar-refractivity contribution in [2.45, 2.75) is 37.0 Å². The smallest absolute Gasteiger partial charge is 0.315 e. The number of aromatic nitrogens is 1. The number of hydrogen-bond donors (Lipinski definition) is 0. The van der Waals surface area contributed by atoms with Gasteiger partial charge in [-0.1, -0.05) is 24.3 Å². The Morgan fingerprint density at radius 2 is 1.89 bits per heavy atom. The zero-order valence-electron chi connectivity index (χ0n) is 14.2. The van der Waals surface area contributed by atoms with Crippen molar-refractivity contribution < 1.29 is 18.0 Å². The lowest BCUT2D eigenvalue weighted by Crippen LogP contribution is -2.79. The van der Waals surface area contributed by atoms with Crippen LogP contribution in [0.15, 0.2) is 36.7 Å². The van der Waals surface area contributed by atoms with Gasteiger partial charge in [0.2, 0.25) is 0 Å². The molecular formula is C19H15F3N4O. The van der Waals surface area contributed by atoms with Gasteiger partial charge in [-0.15, -0.1) is 0 Å². The Labute approximate surface area is 153 Å². The van der Waals surface area contributed by atoms with E-state index in [0.29, 0.717) is 5.69 Å². The summed E-state index contributed by atoms with van der Waals surface area (Å²) in [6.45, 7) is 0.118. The molecule has 4 aliphatic rings. The predicted molar refractivity (Wildman–Crippen MR) is 90.8 cm³/mol. The highest BCUT2D eigenvalue weighted by atomic mass is 19.4. The number of anilines is 1. The Balaban J connectivity index is 1.49. The normalized spacial score (nSPS) is 32.2. The molecule has 2 aromatic rings.